The summed E-state index contributed by atoms with van der Waals surface area (Å²) in [5.41, 5.74) is 8.49. The van der Waals surface area contributed by atoms with E-state index in [1.165, 1.54) is 82.4 Å². The number of benzene rings is 4. The molecule has 0 unspecified atom stereocenters. The molecule has 0 bridgehead atoms. The van der Waals surface area contributed by atoms with E-state index < -0.39 is 0 Å². The van der Waals surface area contributed by atoms with Crippen molar-refractivity contribution in [1.82, 2.24) is 0 Å². The first-order chi connectivity index (χ1) is 20.6. The average Bonchev–Trinajstić information content (AvgIpc) is 3.63. The van der Waals surface area contributed by atoms with Crippen molar-refractivity contribution in [2.24, 2.45) is 0 Å². The van der Waals surface area contributed by atoms with Gasteiger partial charge >= 0.3 is 120 Å². The first kappa shape index (κ1) is 34.4. The Bertz CT molecular complexity index is 1690. The zero-order valence-corrected chi connectivity index (χ0v) is 31.2. The van der Waals surface area contributed by atoms with Gasteiger partial charge < -0.3 is 0 Å². The Kier molecular flexibility index (Phi) is 11.2. The quantitative estimate of drug-likeness (QED) is 0.161. The predicted molar refractivity (Wildman–Crippen MR) is 192 cm³/mol. The summed E-state index contributed by atoms with van der Waals surface area (Å²) >= 11 is 13.1. The molecule has 5 aromatic rings. The average molecular weight is 697 g/mol. The molecule has 6 rings (SSSR count). The fourth-order valence-corrected chi connectivity index (χ4v) is 6.76. The van der Waals surface area contributed by atoms with Crippen molar-refractivity contribution in [2.45, 2.75) is 72.6 Å². The van der Waals surface area contributed by atoms with Crippen molar-refractivity contribution < 1.29 is 24.2 Å². The number of aryl methyl sites for hydroxylation is 2. The Morgan fingerprint density at radius 1 is 0.682 bits per heavy atom. The van der Waals surface area contributed by atoms with Gasteiger partial charge in [-0.15, -0.1) is 46.2 Å². The molecule has 1 aliphatic carbocycles. The third-order valence-corrected chi connectivity index (χ3v) is 9.79. The predicted octanol–water partition coefficient (Wildman–Crippen LogP) is 12.3. The third-order valence-electron chi connectivity index (χ3n) is 7.86. The van der Waals surface area contributed by atoms with Gasteiger partial charge in [-0.2, -0.15) is 6.08 Å². The van der Waals surface area contributed by atoms with Gasteiger partial charge in [0.1, 0.15) is 0 Å². The molecule has 3 heteroatoms. The van der Waals surface area contributed by atoms with E-state index in [2.05, 4.69) is 97.9 Å². The van der Waals surface area contributed by atoms with Gasteiger partial charge in [0.05, 0.1) is 0 Å². The molecular weight excluding hydrogens is 655 g/mol. The maximum Gasteiger partial charge on any atom is -0.109 e. The second-order valence-corrected chi connectivity index (χ2v) is 15.6. The van der Waals surface area contributed by atoms with Gasteiger partial charge in [-0.05, 0) is 24.7 Å². The molecule has 224 valence electrons. The van der Waals surface area contributed by atoms with Crippen LogP contribution in [0.25, 0.3) is 21.5 Å². The van der Waals surface area contributed by atoms with E-state index in [1.807, 2.05) is 60.7 Å². The zero-order valence-electron chi connectivity index (χ0n) is 27.2. The van der Waals surface area contributed by atoms with E-state index in [9.17, 15) is 0 Å². The number of halogens is 2. The van der Waals surface area contributed by atoms with Crippen molar-refractivity contribution in [3.8, 4) is 0 Å². The number of rotatable bonds is 2. The van der Waals surface area contributed by atoms with E-state index >= 15 is 0 Å². The molecule has 0 amide bonds. The Labute approximate surface area is 289 Å². The van der Waals surface area contributed by atoms with Gasteiger partial charge in [0.25, 0.3) is 0 Å². The minimum absolute atomic E-state index is 0.180. The van der Waals surface area contributed by atoms with Crippen LogP contribution >= 0.6 is 23.2 Å². The fourth-order valence-electron chi connectivity index (χ4n) is 5.69. The molecule has 5 aromatic carbocycles. The van der Waals surface area contributed by atoms with Gasteiger partial charge in [-0.3, -0.25) is 6.08 Å². The molecule has 44 heavy (non-hydrogen) atoms. The van der Waals surface area contributed by atoms with Gasteiger partial charge in [-0.25, -0.2) is 12.2 Å². The summed E-state index contributed by atoms with van der Waals surface area (Å²) < 4.78 is 1.31. The van der Waals surface area contributed by atoms with Gasteiger partial charge in [-0.1, -0.05) is 75.9 Å². The maximum absolute atomic E-state index is 5.86. The maximum atomic E-state index is 5.86. The van der Waals surface area contributed by atoms with Crippen molar-refractivity contribution in [3.63, 3.8) is 0 Å². The second-order valence-electron chi connectivity index (χ2n) is 13.5. The smallest absolute Gasteiger partial charge is 0.109 e. The largest absolute Gasteiger partial charge is 0.273 e. The van der Waals surface area contributed by atoms with Crippen LogP contribution in [0.15, 0.2) is 97.1 Å². The van der Waals surface area contributed by atoms with Gasteiger partial charge in [0, 0.05) is 0 Å². The molecule has 0 fully saturated rings. The Hall–Kier alpha value is -2.44. The second kappa shape index (κ2) is 14.3. The summed E-state index contributed by atoms with van der Waals surface area (Å²) in [6, 6.07) is 27.8. The first-order valence-corrected chi connectivity index (χ1v) is 17.1. The number of hydrogen-bond donors (Lipinski definition) is 0. The summed E-state index contributed by atoms with van der Waals surface area (Å²) in [6.07, 6.45) is 10.0. The van der Waals surface area contributed by atoms with Gasteiger partial charge in [0.15, 0.2) is 0 Å². The van der Waals surface area contributed by atoms with Crippen molar-refractivity contribution >= 4 is 48.0 Å². The fraction of sp³-hybridized carbons (Fsp3) is 0.268. The molecule has 0 atom stereocenters. The molecule has 0 spiro atoms. The monoisotopic (exact) mass is 694 g/mol. The summed E-state index contributed by atoms with van der Waals surface area (Å²) in [5.74, 6) is 0. The molecule has 0 nitrogen and oxygen atoms in total. The summed E-state index contributed by atoms with van der Waals surface area (Å²) in [5, 5.41) is 7.08. The molecule has 0 aliphatic heterocycles. The minimum Gasteiger partial charge on any atom is -0.273 e. The first-order valence-electron chi connectivity index (χ1n) is 15.1. The van der Waals surface area contributed by atoms with Crippen LogP contribution in [0.3, 0.4) is 0 Å². The van der Waals surface area contributed by atoms with Crippen LogP contribution in [0.1, 0.15) is 81.3 Å². The van der Waals surface area contributed by atoms with Crippen molar-refractivity contribution in [3.05, 3.63) is 147 Å². The van der Waals surface area contributed by atoms with Crippen LogP contribution in [0, 0.1) is 19.9 Å². The van der Waals surface area contributed by atoms with Crippen LogP contribution in [0.4, 0.5) is 0 Å². The molecule has 0 aromatic heterocycles. The van der Waals surface area contributed by atoms with E-state index in [0.29, 0.717) is 0 Å². The van der Waals surface area contributed by atoms with E-state index in [0.717, 1.165) is 16.5 Å². The van der Waals surface area contributed by atoms with E-state index in [-0.39, 0.29) is 10.8 Å². The molecule has 1 aliphatic rings. The van der Waals surface area contributed by atoms with Crippen LogP contribution < -0.4 is 0 Å². The topological polar surface area (TPSA) is 0 Å². The standard InChI is InChI=1S/C23H29.C13H8Cl2.C5H5.Zr/c1-14-9-16-11-17-10-15(2)21(23(6,7)8)13-19(17)18(16)12-20(14)22(3,4)5;14-12-5-1-10(2-6-12)9-11-3-7-13(15)8-4-11;1-2-4-5-3-1;/h9-13H,1-8H3;1-8H;1-3H,4H2;/q-1;;-1;+2. The summed E-state index contributed by atoms with van der Waals surface area (Å²) in [6.45, 7) is 18.3. The normalized spacial score (nSPS) is 12.6. The molecule has 0 saturated carbocycles. The van der Waals surface area contributed by atoms with E-state index in [4.69, 9.17) is 23.2 Å². The molecule has 0 saturated heterocycles. The van der Waals surface area contributed by atoms with Crippen LogP contribution in [0.2, 0.25) is 10.0 Å². The Morgan fingerprint density at radius 2 is 1.09 bits per heavy atom. The van der Waals surface area contributed by atoms with E-state index in [1.54, 1.807) is 0 Å². The molecule has 0 N–H and O–H groups in total. The van der Waals surface area contributed by atoms with Gasteiger partial charge in [0.2, 0.25) is 0 Å². The number of allylic oxidation sites excluding steroid dienone is 4. The van der Waals surface area contributed by atoms with Crippen LogP contribution in [0.5, 0.6) is 0 Å². The summed E-state index contributed by atoms with van der Waals surface area (Å²) in [7, 11) is 0. The Morgan fingerprint density at radius 3 is 1.39 bits per heavy atom. The molecule has 0 radical (unpaired) electrons. The molecule has 0 heterocycles. The SMILES string of the molecule is Cc1cc2[cH-]c3cc(C)c(C(C)(C)C)cc3c2cc1C(C)(C)C.Clc1ccc([C](=[Zr+2])c2ccc(Cl)cc2)cc1.[C-]1=CC=CC1. The van der Waals surface area contributed by atoms with Crippen molar-refractivity contribution in [2.75, 3.05) is 0 Å². The summed E-state index contributed by atoms with van der Waals surface area (Å²) in [4.78, 5) is 0. The molecular formula is C41H42Cl2Zr. The van der Waals surface area contributed by atoms with Crippen LogP contribution in [-0.4, -0.2) is 3.21 Å². The zero-order chi connectivity index (χ0) is 32.2. The number of fused-ring (bicyclic) bond motifs is 3. The number of hydrogen-bond acceptors (Lipinski definition) is 0. The Balaban J connectivity index is 0.000000181. The third kappa shape index (κ3) is 8.63. The minimum atomic E-state index is 0.180. The van der Waals surface area contributed by atoms with Crippen LogP contribution in [-0.2, 0) is 35.1 Å². The van der Waals surface area contributed by atoms with Crippen molar-refractivity contribution in [1.29, 1.82) is 0 Å².